The van der Waals surface area contributed by atoms with Crippen LogP contribution in [0.25, 0.3) is 10.8 Å². The van der Waals surface area contributed by atoms with Gasteiger partial charge in [-0.2, -0.15) is 0 Å². The lowest BCUT2D eigenvalue weighted by Crippen LogP contribution is -2.42. The first-order valence-corrected chi connectivity index (χ1v) is 7.64. The number of hydrogen-bond donors (Lipinski definition) is 1. The molecule has 1 aromatic carbocycles. The predicted octanol–water partition coefficient (Wildman–Crippen LogP) is 2.81. The number of nitrogens with zero attached hydrogens (tertiary/aromatic N) is 2. The highest BCUT2D eigenvalue weighted by atomic mass is 15.1. The zero-order valence-corrected chi connectivity index (χ0v) is 12.2. The Balaban J connectivity index is 1.63. The van der Waals surface area contributed by atoms with E-state index in [9.17, 15) is 0 Å². The molecule has 0 spiro atoms. The molecular weight excluding hydrogens is 246 g/mol. The lowest BCUT2D eigenvalue weighted by atomic mass is 10.0. The Morgan fingerprint density at radius 2 is 2.10 bits per heavy atom. The third kappa shape index (κ3) is 3.00. The van der Waals surface area contributed by atoms with E-state index in [0.717, 1.165) is 6.54 Å². The minimum absolute atomic E-state index is 0.662. The molecule has 1 N–H and O–H groups in total. The Bertz CT molecular complexity index is 554. The molecule has 0 atom stereocenters. The van der Waals surface area contributed by atoms with Gasteiger partial charge in [-0.15, -0.1) is 0 Å². The van der Waals surface area contributed by atoms with E-state index in [1.165, 1.54) is 48.8 Å². The molecule has 0 saturated carbocycles. The summed E-state index contributed by atoms with van der Waals surface area (Å²) in [6.45, 7) is 6.85. The zero-order chi connectivity index (χ0) is 13.8. The van der Waals surface area contributed by atoms with Crippen molar-refractivity contribution in [1.29, 1.82) is 0 Å². The van der Waals surface area contributed by atoms with Gasteiger partial charge in [-0.1, -0.05) is 25.1 Å². The largest absolute Gasteiger partial charge is 0.310 e. The summed E-state index contributed by atoms with van der Waals surface area (Å²) in [6, 6.07) is 9.25. The van der Waals surface area contributed by atoms with Crippen molar-refractivity contribution in [2.45, 2.75) is 32.4 Å². The van der Waals surface area contributed by atoms with E-state index in [-0.39, 0.29) is 0 Å². The van der Waals surface area contributed by atoms with Gasteiger partial charge in [0.05, 0.1) is 0 Å². The maximum atomic E-state index is 4.20. The van der Waals surface area contributed by atoms with Crippen LogP contribution < -0.4 is 5.32 Å². The molecule has 1 aliphatic rings. The zero-order valence-electron chi connectivity index (χ0n) is 12.2. The standard InChI is InChI=1S/C17H23N3/c1-2-20-10-7-16(8-11-20)19-13-15-5-3-4-14-12-18-9-6-17(14)15/h3-6,9,12,16,19H,2,7-8,10-11,13H2,1H3. The van der Waals surface area contributed by atoms with E-state index in [2.05, 4.69) is 46.4 Å². The Hall–Kier alpha value is -1.45. The normalized spacial score (nSPS) is 17.6. The maximum Gasteiger partial charge on any atom is 0.0346 e. The molecule has 106 valence electrons. The van der Waals surface area contributed by atoms with Crippen molar-refractivity contribution in [3.63, 3.8) is 0 Å². The van der Waals surface area contributed by atoms with E-state index in [1.807, 2.05) is 12.4 Å². The summed E-state index contributed by atoms with van der Waals surface area (Å²) in [7, 11) is 0. The second-order valence-electron chi connectivity index (χ2n) is 5.60. The van der Waals surface area contributed by atoms with Crippen LogP contribution in [0.1, 0.15) is 25.3 Å². The fourth-order valence-corrected chi connectivity index (χ4v) is 3.05. The van der Waals surface area contributed by atoms with Crippen LogP contribution in [0.2, 0.25) is 0 Å². The summed E-state index contributed by atoms with van der Waals surface area (Å²) in [4.78, 5) is 6.73. The summed E-state index contributed by atoms with van der Waals surface area (Å²) in [5.41, 5.74) is 1.38. The summed E-state index contributed by atoms with van der Waals surface area (Å²) in [5, 5.41) is 6.28. The van der Waals surface area contributed by atoms with Crippen LogP contribution in [0.15, 0.2) is 36.7 Å². The molecule has 0 unspecified atom stereocenters. The molecule has 0 aliphatic carbocycles. The van der Waals surface area contributed by atoms with Gasteiger partial charge < -0.3 is 10.2 Å². The highest BCUT2D eigenvalue weighted by molar-refractivity contribution is 5.84. The number of benzene rings is 1. The number of nitrogens with one attached hydrogen (secondary N) is 1. The van der Waals surface area contributed by atoms with Gasteiger partial charge in [-0.25, -0.2) is 0 Å². The fourth-order valence-electron chi connectivity index (χ4n) is 3.05. The number of fused-ring (bicyclic) bond motifs is 1. The number of likely N-dealkylation sites (tertiary alicyclic amines) is 1. The molecule has 0 bridgehead atoms. The third-order valence-corrected chi connectivity index (χ3v) is 4.39. The van der Waals surface area contributed by atoms with Crippen molar-refractivity contribution in [3.8, 4) is 0 Å². The molecule has 3 heteroatoms. The van der Waals surface area contributed by atoms with E-state index in [0.29, 0.717) is 6.04 Å². The molecule has 1 aliphatic heterocycles. The van der Waals surface area contributed by atoms with Crippen LogP contribution in [0.3, 0.4) is 0 Å². The minimum Gasteiger partial charge on any atom is -0.310 e. The fraction of sp³-hybridized carbons (Fsp3) is 0.471. The van der Waals surface area contributed by atoms with Crippen LogP contribution in [0.4, 0.5) is 0 Å². The van der Waals surface area contributed by atoms with Crippen LogP contribution >= 0.6 is 0 Å². The van der Waals surface area contributed by atoms with Gasteiger partial charge in [0, 0.05) is 30.4 Å². The molecule has 0 amide bonds. The predicted molar refractivity (Wildman–Crippen MR) is 83.7 cm³/mol. The second kappa shape index (κ2) is 6.33. The number of pyridine rings is 1. The first-order chi connectivity index (χ1) is 9.86. The quantitative estimate of drug-likeness (QED) is 0.925. The summed E-state index contributed by atoms with van der Waals surface area (Å²) < 4.78 is 0. The summed E-state index contributed by atoms with van der Waals surface area (Å²) >= 11 is 0. The summed E-state index contributed by atoms with van der Waals surface area (Å²) in [6.07, 6.45) is 6.35. The van der Waals surface area contributed by atoms with Gasteiger partial charge in [0.25, 0.3) is 0 Å². The first-order valence-electron chi connectivity index (χ1n) is 7.64. The van der Waals surface area contributed by atoms with Gasteiger partial charge in [0.15, 0.2) is 0 Å². The van der Waals surface area contributed by atoms with E-state index in [4.69, 9.17) is 0 Å². The highest BCUT2D eigenvalue weighted by Gasteiger charge is 2.17. The molecule has 1 aromatic heterocycles. The molecular formula is C17H23N3. The van der Waals surface area contributed by atoms with Crippen molar-refractivity contribution in [1.82, 2.24) is 15.2 Å². The first kappa shape index (κ1) is 13.5. The van der Waals surface area contributed by atoms with Gasteiger partial charge >= 0.3 is 0 Å². The Labute approximate surface area is 121 Å². The average molecular weight is 269 g/mol. The maximum absolute atomic E-state index is 4.20. The molecule has 1 saturated heterocycles. The monoisotopic (exact) mass is 269 g/mol. The van der Waals surface area contributed by atoms with Crippen molar-refractivity contribution >= 4 is 10.8 Å². The SMILES string of the molecule is CCN1CCC(NCc2cccc3cnccc23)CC1. The average Bonchev–Trinajstić information content (AvgIpc) is 2.53. The van der Waals surface area contributed by atoms with Crippen molar-refractivity contribution < 1.29 is 0 Å². The summed E-state index contributed by atoms with van der Waals surface area (Å²) in [5.74, 6) is 0. The molecule has 2 aromatic rings. The van der Waals surface area contributed by atoms with Crippen LogP contribution in [0.5, 0.6) is 0 Å². The topological polar surface area (TPSA) is 28.2 Å². The van der Waals surface area contributed by atoms with Crippen molar-refractivity contribution in [2.75, 3.05) is 19.6 Å². The van der Waals surface area contributed by atoms with Crippen LogP contribution in [-0.2, 0) is 6.54 Å². The van der Waals surface area contributed by atoms with E-state index >= 15 is 0 Å². The van der Waals surface area contributed by atoms with Crippen LogP contribution in [0, 0.1) is 0 Å². The molecule has 2 heterocycles. The van der Waals surface area contributed by atoms with Crippen molar-refractivity contribution in [3.05, 3.63) is 42.2 Å². The molecule has 3 rings (SSSR count). The van der Waals surface area contributed by atoms with Gasteiger partial charge in [0.1, 0.15) is 0 Å². The molecule has 20 heavy (non-hydrogen) atoms. The molecule has 0 radical (unpaired) electrons. The Morgan fingerprint density at radius 1 is 1.25 bits per heavy atom. The molecule has 3 nitrogen and oxygen atoms in total. The van der Waals surface area contributed by atoms with Crippen molar-refractivity contribution in [2.24, 2.45) is 0 Å². The number of hydrogen-bond acceptors (Lipinski definition) is 3. The second-order valence-corrected chi connectivity index (χ2v) is 5.60. The van der Waals surface area contributed by atoms with Gasteiger partial charge in [-0.05, 0) is 49.5 Å². The number of aromatic nitrogens is 1. The Morgan fingerprint density at radius 3 is 2.90 bits per heavy atom. The molecule has 1 fully saturated rings. The minimum atomic E-state index is 0.662. The smallest absolute Gasteiger partial charge is 0.0346 e. The highest BCUT2D eigenvalue weighted by Crippen LogP contribution is 2.18. The van der Waals surface area contributed by atoms with Crippen LogP contribution in [-0.4, -0.2) is 35.6 Å². The number of piperidine rings is 1. The van der Waals surface area contributed by atoms with Gasteiger partial charge in [-0.3, -0.25) is 4.98 Å². The Kier molecular flexibility index (Phi) is 4.28. The lowest BCUT2D eigenvalue weighted by molar-refractivity contribution is 0.206. The lowest BCUT2D eigenvalue weighted by Gasteiger charge is -2.31. The number of rotatable bonds is 4. The third-order valence-electron chi connectivity index (χ3n) is 4.39. The van der Waals surface area contributed by atoms with Gasteiger partial charge in [0.2, 0.25) is 0 Å². The van der Waals surface area contributed by atoms with E-state index < -0.39 is 0 Å². The van der Waals surface area contributed by atoms with E-state index in [1.54, 1.807) is 0 Å².